The van der Waals surface area contributed by atoms with Gasteiger partial charge in [-0.05, 0) is 66.8 Å². The zero-order chi connectivity index (χ0) is 24.1. The van der Waals surface area contributed by atoms with Crippen molar-refractivity contribution in [1.82, 2.24) is 10.2 Å². The fourth-order valence-electron chi connectivity index (χ4n) is 3.66. The molecule has 2 amide bonds. The Hall–Kier alpha value is -3.13. The van der Waals surface area contributed by atoms with Crippen LogP contribution in [-0.4, -0.2) is 48.0 Å². The van der Waals surface area contributed by atoms with Gasteiger partial charge in [0.1, 0.15) is 0 Å². The predicted octanol–water partition coefficient (Wildman–Crippen LogP) is 5.08. The first-order valence-electron chi connectivity index (χ1n) is 10.7. The van der Waals surface area contributed by atoms with E-state index in [1.165, 1.54) is 6.07 Å². The summed E-state index contributed by atoms with van der Waals surface area (Å²) in [5.74, 6) is -0.313. The highest BCUT2D eigenvalue weighted by Crippen LogP contribution is 2.23. The highest BCUT2D eigenvalue weighted by Gasteiger charge is 2.22. The summed E-state index contributed by atoms with van der Waals surface area (Å²) < 4.78 is 0. The smallest absolute Gasteiger partial charge is 0.257 e. The van der Waals surface area contributed by atoms with Crippen LogP contribution in [-0.2, 0) is 0 Å². The molecule has 1 saturated heterocycles. The Labute approximate surface area is 213 Å². The summed E-state index contributed by atoms with van der Waals surface area (Å²) in [6.07, 6.45) is 0. The van der Waals surface area contributed by atoms with E-state index in [9.17, 15) is 9.59 Å². The van der Waals surface area contributed by atoms with E-state index in [4.69, 9.17) is 35.4 Å². The van der Waals surface area contributed by atoms with Crippen LogP contribution in [0, 0.1) is 0 Å². The average molecular weight is 513 g/mol. The molecule has 0 atom stereocenters. The fourth-order valence-corrected chi connectivity index (χ4v) is 4.17. The van der Waals surface area contributed by atoms with Crippen LogP contribution in [0.2, 0.25) is 10.0 Å². The van der Waals surface area contributed by atoms with Crippen LogP contribution in [0.15, 0.2) is 72.8 Å². The molecule has 0 saturated carbocycles. The Morgan fingerprint density at radius 1 is 0.794 bits per heavy atom. The first kappa shape index (κ1) is 24.0. The number of hydrogen-bond donors (Lipinski definition) is 2. The van der Waals surface area contributed by atoms with Gasteiger partial charge in [0.2, 0.25) is 0 Å². The van der Waals surface area contributed by atoms with E-state index in [0.29, 0.717) is 34.3 Å². The monoisotopic (exact) mass is 512 g/mol. The number of nitrogens with one attached hydrogen (secondary N) is 2. The van der Waals surface area contributed by atoms with Gasteiger partial charge in [-0.3, -0.25) is 14.9 Å². The molecule has 1 aliphatic heterocycles. The maximum absolute atomic E-state index is 12.6. The molecule has 9 heteroatoms. The lowest BCUT2D eigenvalue weighted by Crippen LogP contribution is -2.48. The van der Waals surface area contributed by atoms with Crippen molar-refractivity contribution in [2.24, 2.45) is 0 Å². The van der Waals surface area contributed by atoms with E-state index in [-0.39, 0.29) is 16.9 Å². The summed E-state index contributed by atoms with van der Waals surface area (Å²) in [6.45, 7) is 2.84. The predicted molar refractivity (Wildman–Crippen MR) is 141 cm³/mol. The second kappa shape index (κ2) is 10.9. The highest BCUT2D eigenvalue weighted by atomic mass is 35.5. The maximum atomic E-state index is 12.6. The lowest BCUT2D eigenvalue weighted by atomic mass is 10.1. The summed E-state index contributed by atoms with van der Waals surface area (Å²) in [6, 6.07) is 21.7. The van der Waals surface area contributed by atoms with Crippen molar-refractivity contribution in [1.29, 1.82) is 0 Å². The van der Waals surface area contributed by atoms with Gasteiger partial charge in [0.25, 0.3) is 11.8 Å². The van der Waals surface area contributed by atoms with Gasteiger partial charge in [-0.1, -0.05) is 41.4 Å². The van der Waals surface area contributed by atoms with Crippen molar-refractivity contribution >= 4 is 63.7 Å². The maximum Gasteiger partial charge on any atom is 0.257 e. The van der Waals surface area contributed by atoms with E-state index in [2.05, 4.69) is 15.5 Å². The lowest BCUT2D eigenvalue weighted by molar-refractivity contribution is 0.0746. The Kier molecular flexibility index (Phi) is 7.67. The minimum atomic E-state index is -0.379. The molecule has 1 heterocycles. The number of thiocarbonyl (C=S) groups is 1. The molecular weight excluding hydrogens is 491 g/mol. The van der Waals surface area contributed by atoms with Crippen molar-refractivity contribution in [3.05, 3.63) is 94.0 Å². The summed E-state index contributed by atoms with van der Waals surface area (Å²) in [4.78, 5) is 29.1. The topological polar surface area (TPSA) is 64.7 Å². The molecule has 1 fully saturated rings. The third-order valence-electron chi connectivity index (χ3n) is 5.49. The van der Waals surface area contributed by atoms with Crippen LogP contribution < -0.4 is 15.5 Å². The van der Waals surface area contributed by atoms with Gasteiger partial charge in [-0.25, -0.2) is 0 Å². The van der Waals surface area contributed by atoms with Crippen LogP contribution in [0.3, 0.4) is 0 Å². The lowest BCUT2D eigenvalue weighted by Gasteiger charge is -2.36. The second-order valence-corrected chi connectivity index (χ2v) is 8.95. The molecule has 174 valence electrons. The Bertz CT molecular complexity index is 1200. The SMILES string of the molecule is O=C(NC(=S)Nc1ccc(N2CCN(C(=O)c3ccccc3)CC2)cc1)c1ccc(Cl)c(Cl)c1. The molecule has 3 aromatic rings. The van der Waals surface area contributed by atoms with E-state index in [1.807, 2.05) is 59.5 Å². The van der Waals surface area contributed by atoms with E-state index in [1.54, 1.807) is 12.1 Å². The number of nitrogens with zero attached hydrogens (tertiary/aromatic N) is 2. The number of carbonyl (C=O) groups is 2. The van der Waals surface area contributed by atoms with Crippen LogP contribution in [0.1, 0.15) is 20.7 Å². The third kappa shape index (κ3) is 5.86. The van der Waals surface area contributed by atoms with E-state index < -0.39 is 0 Å². The van der Waals surface area contributed by atoms with Gasteiger partial charge in [0.05, 0.1) is 10.0 Å². The minimum Gasteiger partial charge on any atom is -0.368 e. The summed E-state index contributed by atoms with van der Waals surface area (Å²) in [5, 5.41) is 6.49. The normalized spacial score (nSPS) is 13.4. The molecule has 4 rings (SSSR count). The molecule has 6 nitrogen and oxygen atoms in total. The van der Waals surface area contributed by atoms with Crippen LogP contribution in [0.5, 0.6) is 0 Å². The number of carbonyl (C=O) groups excluding carboxylic acids is 2. The molecule has 0 aromatic heterocycles. The summed E-state index contributed by atoms with van der Waals surface area (Å²) in [5.41, 5.74) is 2.89. The molecule has 0 spiro atoms. The number of hydrogen-bond acceptors (Lipinski definition) is 4. The molecular formula is C25H22Cl2N4O2S. The van der Waals surface area contributed by atoms with Crippen molar-refractivity contribution in [2.45, 2.75) is 0 Å². The van der Waals surface area contributed by atoms with Crippen LogP contribution in [0.4, 0.5) is 11.4 Å². The number of benzene rings is 3. The zero-order valence-corrected chi connectivity index (χ0v) is 20.5. The Morgan fingerprint density at radius 2 is 1.47 bits per heavy atom. The number of amides is 2. The number of piperazine rings is 1. The molecule has 1 aliphatic rings. The van der Waals surface area contributed by atoms with E-state index >= 15 is 0 Å². The van der Waals surface area contributed by atoms with Crippen molar-refractivity contribution in [3.8, 4) is 0 Å². The van der Waals surface area contributed by atoms with Gasteiger partial charge in [0.15, 0.2) is 5.11 Å². The summed E-state index contributed by atoms with van der Waals surface area (Å²) >= 11 is 17.1. The molecule has 2 N–H and O–H groups in total. The third-order valence-corrected chi connectivity index (χ3v) is 6.43. The Balaban J connectivity index is 1.28. The van der Waals surface area contributed by atoms with Gasteiger partial charge in [-0.15, -0.1) is 0 Å². The van der Waals surface area contributed by atoms with Crippen LogP contribution in [0.25, 0.3) is 0 Å². The fraction of sp³-hybridized carbons (Fsp3) is 0.160. The molecule has 0 bridgehead atoms. The zero-order valence-electron chi connectivity index (χ0n) is 18.1. The summed E-state index contributed by atoms with van der Waals surface area (Å²) in [7, 11) is 0. The standard InChI is InChI=1S/C25H22Cl2N4O2S/c26-21-11-6-18(16-22(21)27)23(32)29-25(34)28-19-7-9-20(10-8-19)30-12-14-31(15-13-30)24(33)17-4-2-1-3-5-17/h1-11,16H,12-15H2,(H2,28,29,32,34). The molecule has 0 radical (unpaired) electrons. The van der Waals surface area contributed by atoms with Crippen molar-refractivity contribution in [2.75, 3.05) is 36.4 Å². The first-order valence-corrected chi connectivity index (χ1v) is 11.8. The largest absolute Gasteiger partial charge is 0.368 e. The first-order chi connectivity index (χ1) is 16.4. The second-order valence-electron chi connectivity index (χ2n) is 7.73. The molecule has 34 heavy (non-hydrogen) atoms. The van der Waals surface area contributed by atoms with Crippen molar-refractivity contribution in [3.63, 3.8) is 0 Å². The molecule has 0 unspecified atom stereocenters. The van der Waals surface area contributed by atoms with Gasteiger partial charge >= 0.3 is 0 Å². The number of anilines is 2. The van der Waals surface area contributed by atoms with E-state index in [0.717, 1.165) is 24.5 Å². The van der Waals surface area contributed by atoms with Gasteiger partial charge < -0.3 is 15.1 Å². The van der Waals surface area contributed by atoms with Crippen molar-refractivity contribution < 1.29 is 9.59 Å². The molecule has 0 aliphatic carbocycles. The minimum absolute atomic E-state index is 0.0660. The number of rotatable bonds is 4. The average Bonchev–Trinajstić information content (AvgIpc) is 2.86. The van der Waals surface area contributed by atoms with Gasteiger partial charge in [0, 0.05) is 48.7 Å². The Morgan fingerprint density at radius 3 is 2.12 bits per heavy atom. The van der Waals surface area contributed by atoms with Crippen LogP contribution >= 0.6 is 35.4 Å². The quantitative estimate of drug-likeness (QED) is 0.477. The highest BCUT2D eigenvalue weighted by molar-refractivity contribution is 7.80. The molecule has 3 aromatic carbocycles. The van der Waals surface area contributed by atoms with Gasteiger partial charge in [-0.2, -0.15) is 0 Å². The number of halogens is 2.